The molecule has 0 aliphatic rings. The van der Waals surface area contributed by atoms with Crippen LogP contribution in [0.1, 0.15) is 15.9 Å². The van der Waals surface area contributed by atoms with Crippen molar-refractivity contribution in [2.24, 2.45) is 0 Å². The number of halogens is 1. The van der Waals surface area contributed by atoms with E-state index in [-0.39, 0.29) is 16.9 Å². The van der Waals surface area contributed by atoms with Gasteiger partial charge in [0, 0.05) is 6.54 Å². The topological polar surface area (TPSA) is 95.6 Å². The second kappa shape index (κ2) is 10.1. The molecular weight excluding hydrogens is 433 g/mol. The van der Waals surface area contributed by atoms with Crippen molar-refractivity contribution in [2.75, 3.05) is 22.4 Å². The second-order valence-corrected chi connectivity index (χ2v) is 8.89. The van der Waals surface area contributed by atoms with Gasteiger partial charge in [0.2, 0.25) is 15.9 Å². The summed E-state index contributed by atoms with van der Waals surface area (Å²) in [5.41, 5.74) is 1.11. The van der Waals surface area contributed by atoms with Crippen molar-refractivity contribution in [3.05, 3.63) is 95.8 Å². The van der Waals surface area contributed by atoms with Crippen LogP contribution in [0.2, 0.25) is 0 Å². The van der Waals surface area contributed by atoms with E-state index < -0.39 is 34.2 Å². The summed E-state index contributed by atoms with van der Waals surface area (Å²) in [6.07, 6.45) is 0.887. The Morgan fingerprint density at radius 1 is 0.906 bits per heavy atom. The van der Waals surface area contributed by atoms with E-state index >= 15 is 0 Å². The Kier molecular flexibility index (Phi) is 7.21. The zero-order valence-corrected chi connectivity index (χ0v) is 18.1. The molecule has 2 amide bonds. The van der Waals surface area contributed by atoms with Gasteiger partial charge in [0.15, 0.2) is 0 Å². The van der Waals surface area contributed by atoms with Gasteiger partial charge < -0.3 is 10.6 Å². The van der Waals surface area contributed by atoms with Gasteiger partial charge in [0.05, 0.1) is 23.2 Å². The first-order chi connectivity index (χ1) is 15.3. The molecule has 32 heavy (non-hydrogen) atoms. The highest BCUT2D eigenvalue weighted by atomic mass is 32.2. The molecule has 0 heterocycles. The largest absolute Gasteiger partial charge is 0.348 e. The molecule has 0 unspecified atom stereocenters. The number of rotatable bonds is 8. The number of para-hydroxylation sites is 2. The third-order valence-corrected chi connectivity index (χ3v) is 5.68. The van der Waals surface area contributed by atoms with Gasteiger partial charge in [-0.2, -0.15) is 0 Å². The molecule has 9 heteroatoms. The monoisotopic (exact) mass is 455 g/mol. The lowest BCUT2D eigenvalue weighted by molar-refractivity contribution is -0.114. The summed E-state index contributed by atoms with van der Waals surface area (Å²) in [5, 5.41) is 5.33. The van der Waals surface area contributed by atoms with Crippen molar-refractivity contribution in [3.63, 3.8) is 0 Å². The number of hydrogen-bond acceptors (Lipinski definition) is 4. The van der Waals surface area contributed by atoms with Crippen LogP contribution in [0.15, 0.2) is 78.9 Å². The van der Waals surface area contributed by atoms with Gasteiger partial charge in [0.25, 0.3) is 5.91 Å². The molecule has 0 fully saturated rings. The highest BCUT2D eigenvalue weighted by molar-refractivity contribution is 7.92. The molecule has 2 N–H and O–H groups in total. The fourth-order valence-corrected chi connectivity index (χ4v) is 3.88. The molecule has 0 atom stereocenters. The van der Waals surface area contributed by atoms with E-state index in [1.54, 1.807) is 18.2 Å². The van der Waals surface area contributed by atoms with E-state index in [2.05, 4.69) is 10.6 Å². The van der Waals surface area contributed by atoms with Gasteiger partial charge >= 0.3 is 0 Å². The number of carbonyl (C=O) groups excluding carboxylic acids is 2. The molecule has 0 aliphatic carbocycles. The molecule has 3 aromatic rings. The van der Waals surface area contributed by atoms with Crippen LogP contribution in [0, 0.1) is 5.82 Å². The Morgan fingerprint density at radius 3 is 2.22 bits per heavy atom. The SMILES string of the molecule is CS(=O)(=O)N(CC(=O)Nc1ccccc1C(=O)NCc1ccccc1)c1ccccc1F. The van der Waals surface area contributed by atoms with Crippen LogP contribution in [0.3, 0.4) is 0 Å². The molecule has 0 aliphatic heterocycles. The van der Waals surface area contributed by atoms with Crippen LogP contribution < -0.4 is 14.9 Å². The van der Waals surface area contributed by atoms with Crippen LogP contribution >= 0.6 is 0 Å². The average molecular weight is 456 g/mol. The van der Waals surface area contributed by atoms with E-state index in [0.717, 1.165) is 17.9 Å². The highest BCUT2D eigenvalue weighted by Crippen LogP contribution is 2.22. The summed E-state index contributed by atoms with van der Waals surface area (Å²) in [5.74, 6) is -1.90. The lowest BCUT2D eigenvalue weighted by Crippen LogP contribution is -2.38. The smallest absolute Gasteiger partial charge is 0.253 e. The Morgan fingerprint density at radius 2 is 1.53 bits per heavy atom. The molecule has 0 bridgehead atoms. The molecule has 3 rings (SSSR count). The first-order valence-corrected chi connectivity index (χ1v) is 11.5. The van der Waals surface area contributed by atoms with Gasteiger partial charge in [-0.3, -0.25) is 13.9 Å². The summed E-state index contributed by atoms with van der Waals surface area (Å²) in [6.45, 7) is -0.350. The number of carbonyl (C=O) groups is 2. The Balaban J connectivity index is 1.75. The lowest BCUT2D eigenvalue weighted by Gasteiger charge is -2.22. The van der Waals surface area contributed by atoms with Crippen LogP contribution in [0.4, 0.5) is 15.8 Å². The van der Waals surface area contributed by atoms with Crippen molar-refractivity contribution in [1.82, 2.24) is 5.32 Å². The summed E-state index contributed by atoms with van der Waals surface area (Å²) >= 11 is 0. The number of amides is 2. The zero-order valence-electron chi connectivity index (χ0n) is 17.3. The Bertz CT molecular complexity index is 1220. The highest BCUT2D eigenvalue weighted by Gasteiger charge is 2.24. The number of hydrogen-bond donors (Lipinski definition) is 2. The minimum absolute atomic E-state index is 0.213. The quantitative estimate of drug-likeness (QED) is 0.545. The molecule has 0 aromatic heterocycles. The van der Waals surface area contributed by atoms with E-state index in [1.807, 2.05) is 30.3 Å². The number of anilines is 2. The van der Waals surface area contributed by atoms with Crippen molar-refractivity contribution in [1.29, 1.82) is 0 Å². The van der Waals surface area contributed by atoms with Crippen molar-refractivity contribution in [3.8, 4) is 0 Å². The maximum Gasteiger partial charge on any atom is 0.253 e. The minimum atomic E-state index is -3.94. The maximum atomic E-state index is 14.2. The van der Waals surface area contributed by atoms with Gasteiger partial charge in [-0.15, -0.1) is 0 Å². The Hall–Kier alpha value is -3.72. The summed E-state index contributed by atoms with van der Waals surface area (Å²) in [4.78, 5) is 25.3. The van der Waals surface area contributed by atoms with E-state index in [0.29, 0.717) is 10.8 Å². The first-order valence-electron chi connectivity index (χ1n) is 9.69. The molecular formula is C23H22FN3O4S. The maximum absolute atomic E-state index is 14.2. The number of nitrogens with zero attached hydrogens (tertiary/aromatic N) is 1. The number of sulfonamides is 1. The van der Waals surface area contributed by atoms with E-state index in [1.165, 1.54) is 24.3 Å². The number of benzene rings is 3. The lowest BCUT2D eigenvalue weighted by atomic mass is 10.1. The number of nitrogens with one attached hydrogen (secondary N) is 2. The minimum Gasteiger partial charge on any atom is -0.348 e. The first kappa shape index (κ1) is 23.0. The van der Waals surface area contributed by atoms with Crippen molar-refractivity contribution in [2.45, 2.75) is 6.54 Å². The van der Waals surface area contributed by atoms with Gasteiger partial charge in [-0.25, -0.2) is 12.8 Å². The molecule has 166 valence electrons. The van der Waals surface area contributed by atoms with Crippen molar-refractivity contribution >= 4 is 33.2 Å². The fourth-order valence-electron chi connectivity index (χ4n) is 3.02. The summed E-state index contributed by atoms with van der Waals surface area (Å²) in [7, 11) is -3.94. The molecule has 0 spiro atoms. The Labute approximate surface area is 185 Å². The normalized spacial score (nSPS) is 10.9. The van der Waals surface area contributed by atoms with Gasteiger partial charge in [-0.05, 0) is 29.8 Å². The van der Waals surface area contributed by atoms with Crippen LogP contribution in [-0.2, 0) is 21.4 Å². The molecule has 3 aromatic carbocycles. The predicted octanol–water partition coefficient (Wildman–Crippen LogP) is 3.16. The predicted molar refractivity (Wildman–Crippen MR) is 121 cm³/mol. The fraction of sp³-hybridized carbons (Fsp3) is 0.130. The second-order valence-electron chi connectivity index (χ2n) is 6.98. The zero-order chi connectivity index (χ0) is 23.1. The van der Waals surface area contributed by atoms with Crippen LogP contribution in [0.25, 0.3) is 0 Å². The third kappa shape index (κ3) is 5.92. The molecule has 0 saturated heterocycles. The standard InChI is InChI=1S/C23H22FN3O4S/c1-32(30,31)27(21-14-8-6-12-19(21)24)16-22(28)26-20-13-7-5-11-18(20)23(29)25-15-17-9-3-2-4-10-17/h2-14H,15-16H2,1H3,(H,25,29)(H,26,28). The summed E-state index contributed by atoms with van der Waals surface area (Å²) in [6, 6.07) is 21.0. The van der Waals surface area contributed by atoms with Gasteiger partial charge in [-0.1, -0.05) is 54.6 Å². The summed E-state index contributed by atoms with van der Waals surface area (Å²) < 4.78 is 39.2. The third-order valence-electron chi connectivity index (χ3n) is 4.55. The van der Waals surface area contributed by atoms with Gasteiger partial charge in [0.1, 0.15) is 12.4 Å². The van der Waals surface area contributed by atoms with Crippen molar-refractivity contribution < 1.29 is 22.4 Å². The molecule has 0 saturated carbocycles. The molecule has 7 nitrogen and oxygen atoms in total. The van der Waals surface area contributed by atoms with Crippen LogP contribution in [0.5, 0.6) is 0 Å². The van der Waals surface area contributed by atoms with E-state index in [9.17, 15) is 22.4 Å². The van der Waals surface area contributed by atoms with Crippen LogP contribution in [-0.4, -0.2) is 33.0 Å². The van der Waals surface area contributed by atoms with E-state index in [4.69, 9.17) is 0 Å². The average Bonchev–Trinajstić information content (AvgIpc) is 2.77. The molecule has 0 radical (unpaired) electrons.